The van der Waals surface area contributed by atoms with E-state index in [9.17, 15) is 9.65 Å². The topological polar surface area (TPSA) is 68.9 Å². The summed E-state index contributed by atoms with van der Waals surface area (Å²) in [6, 6.07) is 15.1. The third-order valence-electron chi connectivity index (χ3n) is 5.36. The summed E-state index contributed by atoms with van der Waals surface area (Å²) in [7, 11) is 0. The molecule has 0 saturated carbocycles. The van der Waals surface area contributed by atoms with Crippen LogP contribution in [0, 0.1) is 17.1 Å². The molecular weight excluding hydrogens is 367 g/mol. The van der Waals surface area contributed by atoms with Crippen molar-refractivity contribution in [2.45, 2.75) is 0 Å². The third kappa shape index (κ3) is 2.90. The zero-order chi connectivity index (χ0) is 19.8. The quantitative estimate of drug-likeness (QED) is 0.527. The van der Waals surface area contributed by atoms with Crippen LogP contribution in [0.3, 0.4) is 0 Å². The highest BCUT2D eigenvalue weighted by Crippen LogP contribution is 2.31. The smallest absolute Gasteiger partial charge is 0.149 e. The molecule has 2 aromatic heterocycles. The first kappa shape index (κ1) is 17.3. The lowest BCUT2D eigenvalue weighted by molar-refractivity contribution is 0.634. The van der Waals surface area contributed by atoms with Gasteiger partial charge in [-0.3, -0.25) is 4.98 Å². The minimum atomic E-state index is -0.341. The number of pyridine rings is 1. The van der Waals surface area contributed by atoms with Crippen molar-refractivity contribution in [2.24, 2.45) is 0 Å². The van der Waals surface area contributed by atoms with Crippen LogP contribution >= 0.6 is 0 Å². The molecule has 0 atom stereocenters. The molecule has 1 aliphatic rings. The van der Waals surface area contributed by atoms with E-state index in [4.69, 9.17) is 0 Å². The largest absolute Gasteiger partial charge is 0.366 e. The number of hydrogen-bond acceptors (Lipinski definition) is 6. The Kier molecular flexibility index (Phi) is 4.17. The predicted octanol–water partition coefficient (Wildman–Crippen LogP) is 3.52. The molecule has 0 unspecified atom stereocenters. The lowest BCUT2D eigenvalue weighted by atomic mass is 10.1. The van der Waals surface area contributed by atoms with E-state index in [1.807, 2.05) is 30.3 Å². The van der Waals surface area contributed by atoms with E-state index in [1.54, 1.807) is 12.3 Å². The van der Waals surface area contributed by atoms with Crippen molar-refractivity contribution in [3.8, 4) is 6.07 Å². The van der Waals surface area contributed by atoms with Gasteiger partial charge in [0.25, 0.3) is 0 Å². The van der Waals surface area contributed by atoms with Gasteiger partial charge in [-0.05, 0) is 18.2 Å². The predicted molar refractivity (Wildman–Crippen MR) is 110 cm³/mol. The highest BCUT2D eigenvalue weighted by molar-refractivity contribution is 5.95. The van der Waals surface area contributed by atoms with E-state index in [0.717, 1.165) is 35.5 Å². The monoisotopic (exact) mass is 384 g/mol. The van der Waals surface area contributed by atoms with Crippen LogP contribution in [0.5, 0.6) is 0 Å². The van der Waals surface area contributed by atoms with Crippen LogP contribution in [0.2, 0.25) is 0 Å². The van der Waals surface area contributed by atoms with Gasteiger partial charge in [0.2, 0.25) is 0 Å². The summed E-state index contributed by atoms with van der Waals surface area (Å²) in [5.74, 6) is 0.404. The Balaban J connectivity index is 1.47. The van der Waals surface area contributed by atoms with Crippen LogP contribution in [0.25, 0.3) is 21.8 Å². The second-order valence-electron chi connectivity index (χ2n) is 6.96. The Labute approximate surface area is 166 Å². The van der Waals surface area contributed by atoms with E-state index in [2.05, 4.69) is 30.8 Å². The van der Waals surface area contributed by atoms with Gasteiger partial charge in [0.05, 0.1) is 16.8 Å². The van der Waals surface area contributed by atoms with E-state index < -0.39 is 0 Å². The Morgan fingerprint density at radius 2 is 1.62 bits per heavy atom. The summed E-state index contributed by atoms with van der Waals surface area (Å²) >= 11 is 0. The lowest BCUT2D eigenvalue weighted by Crippen LogP contribution is -2.47. The van der Waals surface area contributed by atoms with Crippen molar-refractivity contribution in [1.82, 2.24) is 15.0 Å². The maximum Gasteiger partial charge on any atom is 0.149 e. The van der Waals surface area contributed by atoms with Gasteiger partial charge in [-0.1, -0.05) is 24.3 Å². The van der Waals surface area contributed by atoms with E-state index in [-0.39, 0.29) is 5.82 Å². The average molecular weight is 384 g/mol. The fourth-order valence-corrected chi connectivity index (χ4v) is 3.98. The van der Waals surface area contributed by atoms with Crippen LogP contribution in [-0.4, -0.2) is 41.1 Å². The van der Waals surface area contributed by atoms with Crippen LogP contribution < -0.4 is 9.80 Å². The first-order chi connectivity index (χ1) is 14.3. The van der Waals surface area contributed by atoms with E-state index in [0.29, 0.717) is 29.6 Å². The molecule has 4 aromatic rings. The summed E-state index contributed by atoms with van der Waals surface area (Å²) in [6.07, 6.45) is 3.06. The number of benzene rings is 2. The molecule has 7 heteroatoms. The molecule has 0 N–H and O–H groups in total. The molecule has 1 fully saturated rings. The summed E-state index contributed by atoms with van der Waals surface area (Å²) in [5.41, 5.74) is 2.72. The fraction of sp³-hybridized carbons (Fsp3) is 0.182. The van der Waals surface area contributed by atoms with Crippen molar-refractivity contribution < 1.29 is 4.39 Å². The van der Waals surface area contributed by atoms with Crippen molar-refractivity contribution in [3.05, 3.63) is 66.4 Å². The highest BCUT2D eigenvalue weighted by atomic mass is 19.1. The van der Waals surface area contributed by atoms with E-state index >= 15 is 0 Å². The molecule has 0 amide bonds. The van der Waals surface area contributed by atoms with Gasteiger partial charge >= 0.3 is 0 Å². The van der Waals surface area contributed by atoms with Gasteiger partial charge < -0.3 is 9.80 Å². The minimum Gasteiger partial charge on any atom is -0.366 e. The SMILES string of the molecule is N#Cc1cnc2ccccc2c1N1CCN(c2ncnc3c(F)cccc23)CC1. The van der Waals surface area contributed by atoms with Crippen molar-refractivity contribution in [2.75, 3.05) is 36.0 Å². The summed E-state index contributed by atoms with van der Waals surface area (Å²) in [4.78, 5) is 17.3. The van der Waals surface area contributed by atoms with Gasteiger partial charge in [-0.2, -0.15) is 5.26 Å². The zero-order valence-electron chi connectivity index (χ0n) is 15.6. The molecule has 2 aromatic carbocycles. The zero-order valence-corrected chi connectivity index (χ0v) is 15.6. The molecular formula is C22H17FN6. The number of rotatable bonds is 2. The average Bonchev–Trinajstić information content (AvgIpc) is 2.78. The van der Waals surface area contributed by atoms with Gasteiger partial charge in [0.1, 0.15) is 29.5 Å². The van der Waals surface area contributed by atoms with Crippen LogP contribution in [0.15, 0.2) is 55.0 Å². The van der Waals surface area contributed by atoms with Gasteiger partial charge in [-0.15, -0.1) is 0 Å². The molecule has 142 valence electrons. The second kappa shape index (κ2) is 6.99. The first-order valence-corrected chi connectivity index (χ1v) is 9.43. The molecule has 0 aliphatic carbocycles. The van der Waals surface area contributed by atoms with Crippen LogP contribution in [0.1, 0.15) is 5.56 Å². The highest BCUT2D eigenvalue weighted by Gasteiger charge is 2.23. The maximum absolute atomic E-state index is 14.1. The number of aromatic nitrogens is 3. The summed E-state index contributed by atoms with van der Waals surface area (Å²) in [6.45, 7) is 2.88. The molecule has 6 nitrogen and oxygen atoms in total. The number of hydrogen-bond donors (Lipinski definition) is 0. The Hall–Kier alpha value is -3.79. The number of fused-ring (bicyclic) bond motifs is 2. The standard InChI is InChI=1S/C22H17FN6/c23-18-6-3-5-17-20(18)26-14-27-22(17)29-10-8-28(9-11-29)21-15(12-24)13-25-19-7-2-1-4-16(19)21/h1-7,13-14H,8-11H2. The normalized spacial score (nSPS) is 14.3. The number of nitriles is 1. The Morgan fingerprint density at radius 1 is 0.862 bits per heavy atom. The molecule has 1 aliphatic heterocycles. The molecule has 1 saturated heterocycles. The molecule has 5 rings (SSSR count). The first-order valence-electron chi connectivity index (χ1n) is 9.43. The molecule has 0 radical (unpaired) electrons. The lowest BCUT2D eigenvalue weighted by Gasteiger charge is -2.37. The van der Waals surface area contributed by atoms with Crippen molar-refractivity contribution in [1.29, 1.82) is 5.26 Å². The Morgan fingerprint density at radius 3 is 2.45 bits per heavy atom. The summed E-state index contributed by atoms with van der Waals surface area (Å²) < 4.78 is 14.1. The van der Waals surface area contributed by atoms with Gasteiger partial charge in [-0.25, -0.2) is 14.4 Å². The number of anilines is 2. The van der Waals surface area contributed by atoms with Crippen molar-refractivity contribution >= 4 is 33.3 Å². The molecule has 3 heterocycles. The maximum atomic E-state index is 14.1. The third-order valence-corrected chi connectivity index (χ3v) is 5.36. The van der Waals surface area contributed by atoms with Gasteiger partial charge in [0, 0.05) is 43.1 Å². The van der Waals surface area contributed by atoms with Crippen molar-refractivity contribution in [3.63, 3.8) is 0 Å². The fourth-order valence-electron chi connectivity index (χ4n) is 3.98. The van der Waals surface area contributed by atoms with Crippen LogP contribution in [0.4, 0.5) is 15.9 Å². The molecule has 29 heavy (non-hydrogen) atoms. The Bertz CT molecular complexity index is 1260. The summed E-state index contributed by atoms with van der Waals surface area (Å²) in [5, 5.41) is 11.3. The van der Waals surface area contributed by atoms with Crippen LogP contribution in [-0.2, 0) is 0 Å². The number of piperazine rings is 1. The van der Waals surface area contributed by atoms with Gasteiger partial charge in [0.15, 0.2) is 0 Å². The number of halogens is 1. The number of nitrogens with zero attached hydrogens (tertiary/aromatic N) is 6. The second-order valence-corrected chi connectivity index (χ2v) is 6.96. The minimum absolute atomic E-state index is 0.340. The molecule has 0 bridgehead atoms. The molecule has 0 spiro atoms. The van der Waals surface area contributed by atoms with E-state index in [1.165, 1.54) is 12.4 Å². The number of para-hydroxylation sites is 2.